The smallest absolute Gasteiger partial charge is 0.235 e. The molecule has 0 unspecified atom stereocenters. The SMILES string of the molecule is CCNCc1cccc(NC(=O)CCS(=O)(=O)NCC(=O)NC(C)C)c1. The molecule has 8 nitrogen and oxygen atoms in total. The number of carbonyl (C=O) groups is 2. The van der Waals surface area contributed by atoms with Gasteiger partial charge in [0.05, 0.1) is 12.3 Å². The van der Waals surface area contributed by atoms with E-state index in [9.17, 15) is 18.0 Å². The van der Waals surface area contributed by atoms with Gasteiger partial charge >= 0.3 is 0 Å². The van der Waals surface area contributed by atoms with Gasteiger partial charge in [0.25, 0.3) is 0 Å². The van der Waals surface area contributed by atoms with Crippen LogP contribution in [0.4, 0.5) is 5.69 Å². The molecular weight excluding hydrogens is 356 g/mol. The lowest BCUT2D eigenvalue weighted by Gasteiger charge is -2.10. The van der Waals surface area contributed by atoms with Crippen LogP contribution in [0.25, 0.3) is 0 Å². The van der Waals surface area contributed by atoms with Crippen molar-refractivity contribution in [1.82, 2.24) is 15.4 Å². The zero-order chi connectivity index (χ0) is 19.6. The van der Waals surface area contributed by atoms with Gasteiger partial charge in [-0.2, -0.15) is 0 Å². The number of hydrogen-bond acceptors (Lipinski definition) is 5. The first-order valence-electron chi connectivity index (χ1n) is 8.58. The first-order valence-corrected chi connectivity index (χ1v) is 10.2. The van der Waals surface area contributed by atoms with Gasteiger partial charge in [-0.05, 0) is 38.1 Å². The Morgan fingerprint density at radius 3 is 2.54 bits per heavy atom. The number of benzene rings is 1. The molecule has 26 heavy (non-hydrogen) atoms. The van der Waals surface area contributed by atoms with Gasteiger partial charge in [0.1, 0.15) is 0 Å². The van der Waals surface area contributed by atoms with Gasteiger partial charge in [0.15, 0.2) is 0 Å². The van der Waals surface area contributed by atoms with Crippen LogP contribution in [0.5, 0.6) is 0 Å². The Labute approximate surface area is 155 Å². The third-order valence-corrected chi connectivity index (χ3v) is 4.62. The van der Waals surface area contributed by atoms with E-state index in [1.165, 1.54) is 0 Å². The van der Waals surface area contributed by atoms with E-state index in [1.807, 2.05) is 25.1 Å². The molecular formula is C17H28N4O4S. The minimum Gasteiger partial charge on any atom is -0.353 e. The Bertz CT molecular complexity index is 704. The summed E-state index contributed by atoms with van der Waals surface area (Å²) in [5.74, 6) is -1.20. The summed E-state index contributed by atoms with van der Waals surface area (Å²) in [6.07, 6.45) is -0.196. The van der Waals surface area contributed by atoms with E-state index in [1.54, 1.807) is 19.9 Å². The van der Waals surface area contributed by atoms with Crippen molar-refractivity contribution < 1.29 is 18.0 Å². The molecule has 146 valence electrons. The molecule has 1 aromatic carbocycles. The Hall–Kier alpha value is -1.97. The minimum absolute atomic E-state index is 0.0685. The lowest BCUT2D eigenvalue weighted by molar-refractivity contribution is -0.120. The molecule has 9 heteroatoms. The van der Waals surface area contributed by atoms with E-state index >= 15 is 0 Å². The number of sulfonamides is 1. The molecule has 0 heterocycles. The first-order chi connectivity index (χ1) is 12.2. The highest BCUT2D eigenvalue weighted by atomic mass is 32.2. The number of rotatable bonds is 11. The number of amides is 2. The third kappa shape index (κ3) is 9.50. The van der Waals surface area contributed by atoms with E-state index in [0.29, 0.717) is 12.2 Å². The van der Waals surface area contributed by atoms with Crippen molar-refractivity contribution >= 4 is 27.5 Å². The quantitative estimate of drug-likeness (QED) is 0.445. The van der Waals surface area contributed by atoms with Crippen LogP contribution in [0.1, 0.15) is 32.8 Å². The maximum Gasteiger partial charge on any atom is 0.235 e. The van der Waals surface area contributed by atoms with Gasteiger partial charge in [0.2, 0.25) is 21.8 Å². The first kappa shape index (κ1) is 22.1. The van der Waals surface area contributed by atoms with Crippen LogP contribution in [-0.4, -0.2) is 45.1 Å². The van der Waals surface area contributed by atoms with Crippen molar-refractivity contribution in [2.45, 2.75) is 39.8 Å². The molecule has 2 amide bonds. The Morgan fingerprint density at radius 1 is 1.15 bits per heavy atom. The molecule has 1 aromatic rings. The van der Waals surface area contributed by atoms with Crippen LogP contribution in [0, 0.1) is 0 Å². The van der Waals surface area contributed by atoms with Gasteiger partial charge in [0, 0.05) is 24.7 Å². The molecule has 0 aliphatic heterocycles. The number of nitrogens with one attached hydrogen (secondary N) is 4. The fourth-order valence-corrected chi connectivity index (χ4v) is 3.05. The molecule has 0 bridgehead atoms. The van der Waals surface area contributed by atoms with Crippen molar-refractivity contribution in [1.29, 1.82) is 0 Å². The van der Waals surface area contributed by atoms with Crippen LogP contribution < -0.4 is 20.7 Å². The maximum atomic E-state index is 12.0. The summed E-state index contributed by atoms with van der Waals surface area (Å²) >= 11 is 0. The van der Waals surface area contributed by atoms with E-state index in [0.717, 1.165) is 12.1 Å². The summed E-state index contributed by atoms with van der Waals surface area (Å²) < 4.78 is 25.9. The van der Waals surface area contributed by atoms with Gasteiger partial charge in [-0.15, -0.1) is 0 Å². The zero-order valence-electron chi connectivity index (χ0n) is 15.5. The average Bonchev–Trinajstić information content (AvgIpc) is 2.56. The molecule has 1 rings (SSSR count). The van der Waals surface area contributed by atoms with E-state index in [-0.39, 0.29) is 24.8 Å². The number of hydrogen-bond donors (Lipinski definition) is 4. The maximum absolute atomic E-state index is 12.0. The Kier molecular flexibility index (Phi) is 9.25. The summed E-state index contributed by atoms with van der Waals surface area (Å²) in [6.45, 7) is 6.77. The van der Waals surface area contributed by atoms with Crippen LogP contribution in [0.3, 0.4) is 0 Å². The third-order valence-electron chi connectivity index (χ3n) is 3.29. The lowest BCUT2D eigenvalue weighted by atomic mass is 10.2. The molecule has 0 atom stereocenters. The largest absolute Gasteiger partial charge is 0.353 e. The highest BCUT2D eigenvalue weighted by Gasteiger charge is 2.15. The fraction of sp³-hybridized carbons (Fsp3) is 0.529. The molecule has 4 N–H and O–H groups in total. The average molecular weight is 385 g/mol. The molecule has 0 spiro atoms. The van der Waals surface area contributed by atoms with Crippen LogP contribution in [0.15, 0.2) is 24.3 Å². The second-order valence-electron chi connectivity index (χ2n) is 6.14. The van der Waals surface area contributed by atoms with Crippen LogP contribution in [0.2, 0.25) is 0 Å². The van der Waals surface area contributed by atoms with Crippen LogP contribution >= 0.6 is 0 Å². The normalized spacial score (nSPS) is 11.4. The van der Waals surface area contributed by atoms with E-state index in [4.69, 9.17) is 0 Å². The lowest BCUT2D eigenvalue weighted by Crippen LogP contribution is -2.40. The summed E-state index contributed by atoms with van der Waals surface area (Å²) in [4.78, 5) is 23.4. The summed E-state index contributed by atoms with van der Waals surface area (Å²) in [5, 5.41) is 8.46. The molecule has 0 fully saturated rings. The predicted octanol–water partition coefficient (Wildman–Crippen LogP) is 0.569. The molecule has 0 saturated carbocycles. The molecule has 0 aliphatic carbocycles. The highest BCUT2D eigenvalue weighted by molar-refractivity contribution is 7.89. The Balaban J connectivity index is 2.44. The summed E-state index contributed by atoms with van der Waals surface area (Å²) in [6, 6.07) is 7.28. The number of anilines is 1. The van der Waals surface area contributed by atoms with E-state index in [2.05, 4.69) is 20.7 Å². The predicted molar refractivity (Wildman–Crippen MR) is 102 cm³/mol. The van der Waals surface area contributed by atoms with Gasteiger partial charge in [-0.25, -0.2) is 13.1 Å². The van der Waals surface area contributed by atoms with E-state index < -0.39 is 21.8 Å². The molecule has 0 saturated heterocycles. The van der Waals surface area contributed by atoms with Crippen LogP contribution in [-0.2, 0) is 26.2 Å². The topological polar surface area (TPSA) is 116 Å². The van der Waals surface area contributed by atoms with Crippen molar-refractivity contribution in [2.24, 2.45) is 0 Å². The molecule has 0 radical (unpaired) electrons. The number of carbonyl (C=O) groups excluding carboxylic acids is 2. The standard InChI is InChI=1S/C17H28N4O4S/c1-4-18-11-14-6-5-7-15(10-14)21-16(22)8-9-26(24,25)19-12-17(23)20-13(2)3/h5-7,10,13,18-19H,4,8-9,11-12H2,1-3H3,(H,20,23)(H,21,22). The minimum atomic E-state index is -3.70. The second kappa shape index (κ2) is 10.9. The monoisotopic (exact) mass is 384 g/mol. The van der Waals surface area contributed by atoms with Gasteiger partial charge in [-0.3, -0.25) is 9.59 Å². The van der Waals surface area contributed by atoms with Gasteiger partial charge < -0.3 is 16.0 Å². The Morgan fingerprint density at radius 2 is 1.88 bits per heavy atom. The van der Waals surface area contributed by atoms with Crippen molar-refractivity contribution in [3.05, 3.63) is 29.8 Å². The summed E-state index contributed by atoms with van der Waals surface area (Å²) in [5.41, 5.74) is 1.64. The van der Waals surface area contributed by atoms with Crippen molar-refractivity contribution in [2.75, 3.05) is 24.2 Å². The second-order valence-corrected chi connectivity index (χ2v) is 8.07. The van der Waals surface area contributed by atoms with Crippen molar-refractivity contribution in [3.8, 4) is 0 Å². The van der Waals surface area contributed by atoms with Gasteiger partial charge in [-0.1, -0.05) is 19.1 Å². The molecule has 0 aliphatic rings. The summed E-state index contributed by atoms with van der Waals surface area (Å²) in [7, 11) is -3.70. The fourth-order valence-electron chi connectivity index (χ4n) is 2.10. The highest BCUT2D eigenvalue weighted by Crippen LogP contribution is 2.11. The van der Waals surface area contributed by atoms with Crippen molar-refractivity contribution in [3.63, 3.8) is 0 Å². The zero-order valence-corrected chi connectivity index (χ0v) is 16.3. The molecule has 0 aromatic heterocycles.